The van der Waals surface area contributed by atoms with Gasteiger partial charge < -0.3 is 14.6 Å². The Hall–Kier alpha value is -2.60. The molecule has 1 saturated heterocycles. The molecular weight excluding hydrogens is 332 g/mol. The summed E-state index contributed by atoms with van der Waals surface area (Å²) >= 11 is 0. The third-order valence-electron chi connectivity index (χ3n) is 4.83. The first-order valence-electron chi connectivity index (χ1n) is 8.69. The lowest BCUT2D eigenvalue weighted by molar-refractivity contribution is -0.142. The van der Waals surface area contributed by atoms with E-state index >= 15 is 0 Å². The normalized spacial score (nSPS) is 18.5. The zero-order valence-electron chi connectivity index (χ0n) is 15.3. The third-order valence-corrected chi connectivity index (χ3v) is 4.83. The molecule has 1 aromatic carbocycles. The molecule has 0 amide bonds. The van der Waals surface area contributed by atoms with Crippen molar-refractivity contribution in [1.82, 2.24) is 9.88 Å². The zero-order valence-corrected chi connectivity index (χ0v) is 15.3. The first kappa shape index (κ1) is 18.2. The molecule has 2 atom stereocenters. The van der Waals surface area contributed by atoms with Crippen LogP contribution in [0.3, 0.4) is 0 Å². The predicted octanol–water partition coefficient (Wildman–Crippen LogP) is 3.05. The summed E-state index contributed by atoms with van der Waals surface area (Å²) in [6, 6.07) is 10.6. The number of nitrogens with zero attached hydrogens (tertiary/aromatic N) is 2. The fourth-order valence-corrected chi connectivity index (χ4v) is 3.64. The Morgan fingerprint density at radius 3 is 2.73 bits per heavy atom. The molecule has 0 aliphatic carbocycles. The van der Waals surface area contributed by atoms with Gasteiger partial charge in [-0.25, -0.2) is 0 Å². The molecule has 2 heterocycles. The number of methoxy groups -OCH3 is 2. The Morgan fingerprint density at radius 1 is 1.27 bits per heavy atom. The molecule has 3 rings (SSSR count). The second kappa shape index (κ2) is 7.74. The van der Waals surface area contributed by atoms with Gasteiger partial charge in [-0.1, -0.05) is 6.07 Å². The second-order valence-electron chi connectivity index (χ2n) is 6.45. The van der Waals surface area contributed by atoms with Crippen LogP contribution in [0.4, 0.5) is 0 Å². The molecule has 1 aromatic heterocycles. The van der Waals surface area contributed by atoms with Gasteiger partial charge in [0.15, 0.2) is 0 Å². The molecule has 0 radical (unpaired) electrons. The SMILES string of the molecule is COc1ccc(OC)c(C(c2cccc(C)n2)N2CCCC2C(=O)O)c1. The van der Waals surface area contributed by atoms with E-state index in [2.05, 4.69) is 4.98 Å². The van der Waals surface area contributed by atoms with Crippen molar-refractivity contribution >= 4 is 5.97 Å². The molecule has 138 valence electrons. The molecule has 2 aromatic rings. The van der Waals surface area contributed by atoms with E-state index in [0.29, 0.717) is 24.5 Å². The van der Waals surface area contributed by atoms with Gasteiger partial charge in [-0.15, -0.1) is 0 Å². The summed E-state index contributed by atoms with van der Waals surface area (Å²) in [5.41, 5.74) is 2.56. The summed E-state index contributed by atoms with van der Waals surface area (Å²) in [4.78, 5) is 18.5. The van der Waals surface area contributed by atoms with Crippen LogP contribution in [0.15, 0.2) is 36.4 Å². The number of aryl methyl sites for hydroxylation is 1. The third kappa shape index (κ3) is 3.51. The Kier molecular flexibility index (Phi) is 5.42. The van der Waals surface area contributed by atoms with E-state index in [9.17, 15) is 9.90 Å². The van der Waals surface area contributed by atoms with Gasteiger partial charge in [-0.3, -0.25) is 14.7 Å². The summed E-state index contributed by atoms with van der Waals surface area (Å²) in [6.45, 7) is 2.62. The predicted molar refractivity (Wildman–Crippen MR) is 97.7 cm³/mol. The van der Waals surface area contributed by atoms with Crippen LogP contribution in [-0.4, -0.2) is 47.8 Å². The van der Waals surface area contributed by atoms with Crippen molar-refractivity contribution in [2.24, 2.45) is 0 Å². The molecule has 6 nitrogen and oxygen atoms in total. The molecule has 0 saturated carbocycles. The summed E-state index contributed by atoms with van der Waals surface area (Å²) < 4.78 is 11.0. The fourth-order valence-electron chi connectivity index (χ4n) is 3.64. The van der Waals surface area contributed by atoms with Crippen LogP contribution in [-0.2, 0) is 4.79 Å². The lowest BCUT2D eigenvalue weighted by atomic mass is 9.98. The Morgan fingerprint density at radius 2 is 2.08 bits per heavy atom. The van der Waals surface area contributed by atoms with Crippen LogP contribution < -0.4 is 9.47 Å². The minimum Gasteiger partial charge on any atom is -0.497 e. The number of aromatic nitrogens is 1. The highest BCUT2D eigenvalue weighted by Gasteiger charge is 2.38. The number of hydrogen-bond acceptors (Lipinski definition) is 5. The highest BCUT2D eigenvalue weighted by molar-refractivity contribution is 5.74. The van der Waals surface area contributed by atoms with Crippen molar-refractivity contribution in [3.05, 3.63) is 53.3 Å². The van der Waals surface area contributed by atoms with Crippen LogP contribution in [0.25, 0.3) is 0 Å². The van der Waals surface area contributed by atoms with E-state index in [-0.39, 0.29) is 6.04 Å². The molecule has 1 aliphatic rings. The minimum absolute atomic E-state index is 0.316. The summed E-state index contributed by atoms with van der Waals surface area (Å²) in [5.74, 6) is 0.585. The average Bonchev–Trinajstić information content (AvgIpc) is 3.11. The Bertz CT molecular complexity index is 793. The molecule has 1 fully saturated rings. The minimum atomic E-state index is -0.804. The number of carbonyl (C=O) groups is 1. The summed E-state index contributed by atoms with van der Waals surface area (Å²) in [5, 5.41) is 9.69. The number of carboxylic acids is 1. The van der Waals surface area contributed by atoms with Crippen molar-refractivity contribution in [2.45, 2.75) is 31.8 Å². The maximum Gasteiger partial charge on any atom is 0.320 e. The van der Waals surface area contributed by atoms with E-state index in [1.165, 1.54) is 0 Å². The van der Waals surface area contributed by atoms with Crippen molar-refractivity contribution in [3.63, 3.8) is 0 Å². The summed E-state index contributed by atoms with van der Waals surface area (Å²) in [7, 11) is 3.23. The van der Waals surface area contributed by atoms with Crippen molar-refractivity contribution in [2.75, 3.05) is 20.8 Å². The first-order valence-corrected chi connectivity index (χ1v) is 8.69. The van der Waals surface area contributed by atoms with Crippen molar-refractivity contribution < 1.29 is 19.4 Å². The second-order valence-corrected chi connectivity index (χ2v) is 6.45. The van der Waals surface area contributed by atoms with Crippen LogP contribution in [0.5, 0.6) is 11.5 Å². The fraction of sp³-hybridized carbons (Fsp3) is 0.400. The number of benzene rings is 1. The number of carboxylic acid groups (broad SMARTS) is 1. The smallest absolute Gasteiger partial charge is 0.320 e. The van der Waals surface area contributed by atoms with Crippen LogP contribution >= 0.6 is 0 Å². The van der Waals surface area contributed by atoms with E-state index in [1.54, 1.807) is 14.2 Å². The average molecular weight is 356 g/mol. The van der Waals surface area contributed by atoms with E-state index in [0.717, 1.165) is 23.4 Å². The lowest BCUT2D eigenvalue weighted by Gasteiger charge is -2.32. The van der Waals surface area contributed by atoms with Crippen molar-refractivity contribution in [1.29, 1.82) is 0 Å². The van der Waals surface area contributed by atoms with Gasteiger partial charge in [0.25, 0.3) is 0 Å². The van der Waals surface area contributed by atoms with Crippen LogP contribution in [0, 0.1) is 6.92 Å². The lowest BCUT2D eigenvalue weighted by Crippen LogP contribution is -2.39. The zero-order chi connectivity index (χ0) is 18.7. The summed E-state index contributed by atoms with van der Waals surface area (Å²) in [6.07, 6.45) is 1.47. The van der Waals surface area contributed by atoms with E-state index in [4.69, 9.17) is 9.47 Å². The van der Waals surface area contributed by atoms with Crippen LogP contribution in [0.2, 0.25) is 0 Å². The van der Waals surface area contributed by atoms with Gasteiger partial charge in [0.05, 0.1) is 26.0 Å². The van der Waals surface area contributed by atoms with E-state index < -0.39 is 12.0 Å². The van der Waals surface area contributed by atoms with Gasteiger partial charge in [-0.2, -0.15) is 0 Å². The Labute approximate surface area is 153 Å². The maximum atomic E-state index is 11.8. The largest absolute Gasteiger partial charge is 0.497 e. The van der Waals surface area contributed by atoms with Gasteiger partial charge in [0.2, 0.25) is 0 Å². The molecule has 26 heavy (non-hydrogen) atoms. The Balaban J connectivity index is 2.17. The number of pyridine rings is 1. The number of likely N-dealkylation sites (tertiary alicyclic amines) is 1. The molecule has 2 unspecified atom stereocenters. The maximum absolute atomic E-state index is 11.8. The molecule has 6 heteroatoms. The topological polar surface area (TPSA) is 71.9 Å². The number of rotatable bonds is 6. The molecule has 0 bridgehead atoms. The quantitative estimate of drug-likeness (QED) is 0.858. The molecule has 1 N–H and O–H groups in total. The van der Waals surface area contributed by atoms with E-state index in [1.807, 2.05) is 48.2 Å². The van der Waals surface area contributed by atoms with Gasteiger partial charge in [0, 0.05) is 17.8 Å². The van der Waals surface area contributed by atoms with Gasteiger partial charge in [0.1, 0.15) is 17.5 Å². The molecule has 1 aliphatic heterocycles. The highest BCUT2D eigenvalue weighted by atomic mass is 16.5. The molecule has 0 spiro atoms. The number of ether oxygens (including phenoxy) is 2. The first-order chi connectivity index (χ1) is 12.5. The molecular formula is C20H24N2O4. The number of hydrogen-bond donors (Lipinski definition) is 1. The van der Waals surface area contributed by atoms with Crippen LogP contribution in [0.1, 0.15) is 35.8 Å². The van der Waals surface area contributed by atoms with Gasteiger partial charge >= 0.3 is 5.97 Å². The number of aliphatic carboxylic acids is 1. The van der Waals surface area contributed by atoms with Crippen molar-refractivity contribution in [3.8, 4) is 11.5 Å². The highest BCUT2D eigenvalue weighted by Crippen LogP contribution is 2.39. The van der Waals surface area contributed by atoms with Gasteiger partial charge in [-0.05, 0) is 50.1 Å². The monoisotopic (exact) mass is 356 g/mol. The standard InChI is InChI=1S/C20H24N2O4/c1-13-6-4-7-16(21-13)19(22-11-5-8-17(22)20(23)24)15-12-14(25-2)9-10-18(15)26-3/h4,6-7,9-10,12,17,19H,5,8,11H2,1-3H3,(H,23,24).